The van der Waals surface area contributed by atoms with Crippen LogP contribution in [0, 0.1) is 0 Å². The molecule has 0 fully saturated rings. The van der Waals surface area contributed by atoms with Crippen LogP contribution in [0.15, 0.2) is 41.4 Å². The van der Waals surface area contributed by atoms with E-state index in [0.29, 0.717) is 6.54 Å². The SMILES string of the molecule is O=C(Cn1ccc(C(F)(F)F)n1)N1CCSc2ccccc21. The minimum Gasteiger partial charge on any atom is -0.309 e. The summed E-state index contributed by atoms with van der Waals surface area (Å²) in [5.41, 5.74) is -0.193. The number of thioether (sulfide) groups is 1. The lowest BCUT2D eigenvalue weighted by Crippen LogP contribution is -2.37. The first-order chi connectivity index (χ1) is 10.4. The molecule has 0 saturated carbocycles. The maximum absolute atomic E-state index is 12.5. The number of alkyl halides is 3. The van der Waals surface area contributed by atoms with Crippen molar-refractivity contribution in [3.8, 4) is 0 Å². The number of aromatic nitrogens is 2. The quantitative estimate of drug-likeness (QED) is 0.851. The molecule has 0 atom stereocenters. The number of nitrogens with zero attached hydrogens (tertiary/aromatic N) is 3. The zero-order valence-corrected chi connectivity index (χ0v) is 12.2. The lowest BCUT2D eigenvalue weighted by Gasteiger charge is -2.28. The fraction of sp³-hybridized carbons (Fsp3) is 0.286. The Morgan fingerprint density at radius 1 is 1.27 bits per heavy atom. The maximum Gasteiger partial charge on any atom is 0.435 e. The van der Waals surface area contributed by atoms with E-state index in [1.807, 2.05) is 24.3 Å². The van der Waals surface area contributed by atoms with Gasteiger partial charge in [0.25, 0.3) is 0 Å². The van der Waals surface area contributed by atoms with Crippen molar-refractivity contribution in [1.82, 2.24) is 9.78 Å². The molecule has 0 N–H and O–H groups in total. The van der Waals surface area contributed by atoms with Gasteiger partial charge in [-0.25, -0.2) is 0 Å². The highest BCUT2D eigenvalue weighted by Crippen LogP contribution is 2.34. The number of hydrogen-bond acceptors (Lipinski definition) is 3. The van der Waals surface area contributed by atoms with E-state index in [-0.39, 0.29) is 12.5 Å². The van der Waals surface area contributed by atoms with Gasteiger partial charge in [0.2, 0.25) is 5.91 Å². The van der Waals surface area contributed by atoms with Crippen LogP contribution in [-0.2, 0) is 17.5 Å². The highest BCUT2D eigenvalue weighted by atomic mass is 32.2. The fourth-order valence-electron chi connectivity index (χ4n) is 2.25. The Morgan fingerprint density at radius 3 is 2.77 bits per heavy atom. The van der Waals surface area contributed by atoms with E-state index in [1.165, 1.54) is 6.20 Å². The summed E-state index contributed by atoms with van der Waals surface area (Å²) in [6.45, 7) is 0.322. The topological polar surface area (TPSA) is 38.1 Å². The zero-order valence-electron chi connectivity index (χ0n) is 11.4. The number of halogens is 3. The molecule has 1 aromatic carbocycles. The molecule has 1 amide bonds. The Hall–Kier alpha value is -1.96. The molecule has 0 unspecified atom stereocenters. The van der Waals surface area contributed by atoms with E-state index >= 15 is 0 Å². The summed E-state index contributed by atoms with van der Waals surface area (Å²) in [6.07, 6.45) is -3.33. The van der Waals surface area contributed by atoms with E-state index in [9.17, 15) is 18.0 Å². The summed E-state index contributed by atoms with van der Waals surface area (Å²) in [5.74, 6) is 0.486. The van der Waals surface area contributed by atoms with Gasteiger partial charge in [-0.05, 0) is 18.2 Å². The summed E-state index contributed by atoms with van der Waals surface area (Å²) in [4.78, 5) is 15.0. The van der Waals surface area contributed by atoms with E-state index in [0.717, 1.165) is 27.1 Å². The van der Waals surface area contributed by atoms with Crippen LogP contribution in [0.3, 0.4) is 0 Å². The first-order valence-electron chi connectivity index (χ1n) is 6.58. The second-order valence-electron chi connectivity index (χ2n) is 4.76. The van der Waals surface area contributed by atoms with Crippen molar-refractivity contribution < 1.29 is 18.0 Å². The van der Waals surface area contributed by atoms with Gasteiger partial charge in [0.15, 0.2) is 5.69 Å². The highest BCUT2D eigenvalue weighted by Gasteiger charge is 2.34. The lowest BCUT2D eigenvalue weighted by atomic mass is 10.2. The second-order valence-corrected chi connectivity index (χ2v) is 5.89. The number of anilines is 1. The van der Waals surface area contributed by atoms with Crippen LogP contribution in [0.25, 0.3) is 0 Å². The molecule has 0 aliphatic carbocycles. The Kier molecular flexibility index (Phi) is 3.86. The Morgan fingerprint density at radius 2 is 2.05 bits per heavy atom. The van der Waals surface area contributed by atoms with Gasteiger partial charge in [-0.3, -0.25) is 9.48 Å². The van der Waals surface area contributed by atoms with Crippen molar-refractivity contribution in [1.29, 1.82) is 0 Å². The van der Waals surface area contributed by atoms with Gasteiger partial charge in [0.05, 0.1) is 5.69 Å². The van der Waals surface area contributed by atoms with Gasteiger partial charge >= 0.3 is 6.18 Å². The number of amides is 1. The van der Waals surface area contributed by atoms with E-state index in [1.54, 1.807) is 16.7 Å². The van der Waals surface area contributed by atoms with Crippen molar-refractivity contribution >= 4 is 23.4 Å². The van der Waals surface area contributed by atoms with E-state index < -0.39 is 11.9 Å². The monoisotopic (exact) mass is 327 g/mol. The third-order valence-electron chi connectivity index (χ3n) is 3.26. The van der Waals surface area contributed by atoms with Gasteiger partial charge in [-0.1, -0.05) is 12.1 Å². The number of carbonyl (C=O) groups is 1. The first-order valence-corrected chi connectivity index (χ1v) is 7.56. The van der Waals surface area contributed by atoms with Crippen LogP contribution in [0.4, 0.5) is 18.9 Å². The molecule has 116 valence electrons. The summed E-state index contributed by atoms with van der Waals surface area (Å²) in [5, 5.41) is 3.41. The largest absolute Gasteiger partial charge is 0.435 e. The number of para-hydroxylation sites is 1. The minimum atomic E-state index is -4.50. The van der Waals surface area contributed by atoms with Crippen molar-refractivity contribution in [2.24, 2.45) is 0 Å². The third-order valence-corrected chi connectivity index (χ3v) is 4.30. The fourth-order valence-corrected chi connectivity index (χ4v) is 3.25. The molecule has 2 aromatic rings. The minimum absolute atomic E-state index is 0.213. The van der Waals surface area contributed by atoms with Crippen LogP contribution in [-0.4, -0.2) is 28.0 Å². The molecule has 2 heterocycles. The van der Waals surface area contributed by atoms with Crippen molar-refractivity contribution in [3.63, 3.8) is 0 Å². The van der Waals surface area contributed by atoms with E-state index in [4.69, 9.17) is 0 Å². The van der Waals surface area contributed by atoms with Gasteiger partial charge in [0, 0.05) is 23.4 Å². The molecular weight excluding hydrogens is 315 g/mol. The number of hydrogen-bond donors (Lipinski definition) is 0. The maximum atomic E-state index is 12.5. The van der Waals surface area contributed by atoms with Crippen LogP contribution in [0.2, 0.25) is 0 Å². The molecule has 1 aromatic heterocycles. The molecule has 0 spiro atoms. The molecule has 0 saturated heterocycles. The smallest absolute Gasteiger partial charge is 0.309 e. The van der Waals surface area contributed by atoms with E-state index in [2.05, 4.69) is 5.10 Å². The number of rotatable bonds is 2. The molecule has 1 aliphatic rings. The summed E-state index contributed by atoms with van der Waals surface area (Å²) in [7, 11) is 0. The molecule has 3 rings (SSSR count). The molecule has 22 heavy (non-hydrogen) atoms. The normalized spacial score (nSPS) is 14.8. The number of carbonyl (C=O) groups excluding carboxylic acids is 1. The number of benzene rings is 1. The molecule has 8 heteroatoms. The lowest BCUT2D eigenvalue weighted by molar-refractivity contribution is -0.141. The summed E-state index contributed by atoms with van der Waals surface area (Å²) < 4.78 is 38.6. The van der Waals surface area contributed by atoms with Gasteiger partial charge in [-0.15, -0.1) is 11.8 Å². The van der Waals surface area contributed by atoms with Crippen molar-refractivity contribution in [2.75, 3.05) is 17.2 Å². The summed E-state index contributed by atoms with van der Waals surface area (Å²) >= 11 is 1.66. The van der Waals surface area contributed by atoms with Crippen LogP contribution < -0.4 is 4.90 Å². The van der Waals surface area contributed by atoms with Crippen LogP contribution >= 0.6 is 11.8 Å². The van der Waals surface area contributed by atoms with Crippen LogP contribution in [0.1, 0.15) is 5.69 Å². The molecule has 4 nitrogen and oxygen atoms in total. The number of fused-ring (bicyclic) bond motifs is 1. The average molecular weight is 327 g/mol. The zero-order chi connectivity index (χ0) is 15.7. The summed E-state index contributed by atoms with van der Waals surface area (Å²) in [6, 6.07) is 8.36. The molecule has 0 radical (unpaired) electrons. The standard InChI is InChI=1S/C14H12F3N3OS/c15-14(16,17)12-5-6-19(18-12)9-13(21)20-7-8-22-11-4-2-1-3-10(11)20/h1-6H,7-9H2. The Balaban J connectivity index is 1.77. The van der Waals surface area contributed by atoms with Crippen molar-refractivity contribution in [2.45, 2.75) is 17.6 Å². The Labute approximate surface area is 128 Å². The average Bonchev–Trinajstić information content (AvgIpc) is 2.95. The molecule has 0 bridgehead atoms. The molecule has 1 aliphatic heterocycles. The van der Waals surface area contributed by atoms with Gasteiger partial charge < -0.3 is 4.90 Å². The highest BCUT2D eigenvalue weighted by molar-refractivity contribution is 7.99. The second kappa shape index (κ2) is 5.68. The predicted molar refractivity (Wildman–Crippen MR) is 76.7 cm³/mol. The third kappa shape index (κ3) is 2.96. The first kappa shape index (κ1) is 15.0. The van der Waals surface area contributed by atoms with Crippen molar-refractivity contribution in [3.05, 3.63) is 42.2 Å². The Bertz CT molecular complexity index is 699. The predicted octanol–water partition coefficient (Wildman–Crippen LogP) is 3.04. The molecular formula is C14H12F3N3OS. The van der Waals surface area contributed by atoms with Gasteiger partial charge in [-0.2, -0.15) is 18.3 Å². The van der Waals surface area contributed by atoms with Crippen LogP contribution in [0.5, 0.6) is 0 Å². The van der Waals surface area contributed by atoms with Gasteiger partial charge in [0.1, 0.15) is 6.54 Å².